The lowest BCUT2D eigenvalue weighted by molar-refractivity contribution is -0.137. The Hall–Kier alpha value is -3.07. The molecule has 0 aliphatic carbocycles. The smallest absolute Gasteiger partial charge is 0.383 e. The Balaban J connectivity index is 1.89. The fourth-order valence-corrected chi connectivity index (χ4v) is 3.40. The van der Waals surface area contributed by atoms with E-state index < -0.39 is 34.9 Å². The highest BCUT2D eigenvalue weighted by Crippen LogP contribution is 2.36. The number of aromatic nitrogens is 3. The van der Waals surface area contributed by atoms with Crippen molar-refractivity contribution >= 4 is 6.08 Å². The van der Waals surface area contributed by atoms with Crippen molar-refractivity contribution in [3.8, 4) is 0 Å². The number of aliphatic hydroxyl groups is 1. The summed E-state index contributed by atoms with van der Waals surface area (Å²) in [5, 5.41) is 15.3. The molecule has 31 heavy (non-hydrogen) atoms. The van der Waals surface area contributed by atoms with Crippen molar-refractivity contribution in [3.05, 3.63) is 89.5 Å². The molecule has 2 aromatic carbocycles. The zero-order valence-corrected chi connectivity index (χ0v) is 16.5. The molecule has 0 saturated carbocycles. The maximum absolute atomic E-state index is 14.5. The van der Waals surface area contributed by atoms with Gasteiger partial charge < -0.3 is 5.11 Å². The number of alkyl halides is 3. The van der Waals surface area contributed by atoms with Crippen molar-refractivity contribution in [1.82, 2.24) is 14.8 Å². The van der Waals surface area contributed by atoms with E-state index in [2.05, 4.69) is 10.1 Å². The number of hydrogen-bond acceptors (Lipinski definition) is 3. The summed E-state index contributed by atoms with van der Waals surface area (Å²) in [5.74, 6) is -2.38. The summed E-state index contributed by atoms with van der Waals surface area (Å²) < 4.78 is 68.7. The number of benzene rings is 2. The lowest BCUT2D eigenvalue weighted by atomic mass is 9.80. The van der Waals surface area contributed by atoms with Gasteiger partial charge in [-0.25, -0.2) is 18.4 Å². The zero-order valence-electron chi connectivity index (χ0n) is 16.5. The lowest BCUT2D eigenvalue weighted by Crippen LogP contribution is -2.39. The van der Waals surface area contributed by atoms with Gasteiger partial charge in [-0.15, -0.1) is 0 Å². The average Bonchev–Trinajstić information content (AvgIpc) is 3.20. The Morgan fingerprint density at radius 3 is 2.48 bits per heavy atom. The van der Waals surface area contributed by atoms with Crippen molar-refractivity contribution in [2.45, 2.75) is 31.7 Å². The van der Waals surface area contributed by atoms with Crippen LogP contribution in [-0.2, 0) is 18.3 Å². The molecule has 0 amide bonds. The number of halogens is 5. The van der Waals surface area contributed by atoms with Gasteiger partial charge in [0.15, 0.2) is 0 Å². The predicted octanol–water partition coefficient (Wildman–Crippen LogP) is 5.20. The largest absolute Gasteiger partial charge is 0.416 e. The molecule has 0 aliphatic heterocycles. The number of allylic oxidation sites excluding steroid dienone is 1. The Morgan fingerprint density at radius 1 is 1.10 bits per heavy atom. The van der Waals surface area contributed by atoms with Gasteiger partial charge in [-0.1, -0.05) is 43.3 Å². The van der Waals surface area contributed by atoms with E-state index in [1.165, 1.54) is 47.7 Å². The van der Waals surface area contributed by atoms with Crippen LogP contribution in [-0.4, -0.2) is 19.9 Å². The standard InChI is InChI=1S/C22H20F5N3O/c1-15(5-4-7-16-6-2-3-8-18(16)22(25,26)27)21(31,12-30-14-28-13-29-30)19-10-9-17(23)11-20(19)24/h2-4,6-11,13-15,31H,5,12H2,1H3/b7-4+/t15-,21+/m0/s1. The van der Waals surface area contributed by atoms with Crippen LogP contribution in [0.1, 0.15) is 30.0 Å². The second-order valence-corrected chi connectivity index (χ2v) is 7.27. The van der Waals surface area contributed by atoms with Crippen LogP contribution >= 0.6 is 0 Å². The van der Waals surface area contributed by atoms with E-state index in [1.807, 2.05) is 0 Å². The Kier molecular flexibility index (Phi) is 6.54. The summed E-state index contributed by atoms with van der Waals surface area (Å²) in [6.45, 7) is 1.45. The first-order valence-electron chi connectivity index (χ1n) is 9.44. The molecule has 1 N–H and O–H groups in total. The fourth-order valence-electron chi connectivity index (χ4n) is 3.40. The fraction of sp³-hybridized carbons (Fsp3) is 0.273. The molecule has 0 radical (unpaired) electrons. The number of rotatable bonds is 7. The van der Waals surface area contributed by atoms with Crippen LogP contribution in [0.25, 0.3) is 6.08 Å². The quantitative estimate of drug-likeness (QED) is 0.517. The van der Waals surface area contributed by atoms with Gasteiger partial charge in [-0.2, -0.15) is 18.3 Å². The molecular weight excluding hydrogens is 417 g/mol. The molecule has 0 unspecified atom stereocenters. The van der Waals surface area contributed by atoms with Crippen molar-refractivity contribution in [3.63, 3.8) is 0 Å². The van der Waals surface area contributed by atoms with E-state index in [4.69, 9.17) is 0 Å². The van der Waals surface area contributed by atoms with Gasteiger partial charge in [0.25, 0.3) is 0 Å². The Morgan fingerprint density at radius 2 is 1.84 bits per heavy atom. The molecule has 0 fully saturated rings. The van der Waals surface area contributed by atoms with Gasteiger partial charge in [0.2, 0.25) is 0 Å². The molecule has 0 bridgehead atoms. The topological polar surface area (TPSA) is 50.9 Å². The molecule has 1 aromatic heterocycles. The Labute approximate surface area is 175 Å². The van der Waals surface area contributed by atoms with Gasteiger partial charge in [0.05, 0.1) is 12.1 Å². The van der Waals surface area contributed by atoms with Crippen LogP contribution in [0.2, 0.25) is 0 Å². The monoisotopic (exact) mass is 437 g/mol. The number of nitrogens with zero attached hydrogens (tertiary/aromatic N) is 3. The van der Waals surface area contributed by atoms with Crippen LogP contribution in [0, 0.1) is 17.6 Å². The lowest BCUT2D eigenvalue weighted by Gasteiger charge is -2.34. The first-order valence-corrected chi connectivity index (χ1v) is 9.44. The molecule has 0 saturated heterocycles. The normalized spacial score (nSPS) is 15.2. The molecule has 1 heterocycles. The summed E-state index contributed by atoms with van der Waals surface area (Å²) >= 11 is 0. The summed E-state index contributed by atoms with van der Waals surface area (Å²) in [7, 11) is 0. The van der Waals surface area contributed by atoms with Crippen molar-refractivity contribution in [1.29, 1.82) is 0 Å². The molecule has 3 aromatic rings. The van der Waals surface area contributed by atoms with Crippen molar-refractivity contribution in [2.75, 3.05) is 0 Å². The third-order valence-corrected chi connectivity index (χ3v) is 5.14. The second-order valence-electron chi connectivity index (χ2n) is 7.27. The van der Waals surface area contributed by atoms with Gasteiger partial charge in [0, 0.05) is 11.6 Å². The van der Waals surface area contributed by atoms with Crippen LogP contribution in [0.5, 0.6) is 0 Å². The first-order chi connectivity index (χ1) is 14.6. The van der Waals surface area contributed by atoms with Crippen LogP contribution < -0.4 is 0 Å². The minimum atomic E-state index is -4.50. The summed E-state index contributed by atoms with van der Waals surface area (Å²) in [6, 6.07) is 7.98. The second kappa shape index (κ2) is 8.97. The van der Waals surface area contributed by atoms with E-state index in [0.717, 1.165) is 18.2 Å². The highest BCUT2D eigenvalue weighted by atomic mass is 19.4. The molecule has 0 spiro atoms. The minimum Gasteiger partial charge on any atom is -0.383 e. The van der Waals surface area contributed by atoms with Crippen molar-refractivity contribution < 1.29 is 27.1 Å². The molecule has 164 valence electrons. The predicted molar refractivity (Wildman–Crippen MR) is 105 cm³/mol. The highest BCUT2D eigenvalue weighted by molar-refractivity contribution is 5.54. The highest BCUT2D eigenvalue weighted by Gasteiger charge is 2.38. The van der Waals surface area contributed by atoms with E-state index in [1.54, 1.807) is 6.92 Å². The van der Waals surface area contributed by atoms with Crippen LogP contribution in [0.3, 0.4) is 0 Å². The third kappa shape index (κ3) is 5.16. The van der Waals surface area contributed by atoms with Gasteiger partial charge >= 0.3 is 6.18 Å². The third-order valence-electron chi connectivity index (χ3n) is 5.14. The van der Waals surface area contributed by atoms with Gasteiger partial charge in [-0.3, -0.25) is 0 Å². The summed E-state index contributed by atoms with van der Waals surface area (Å²) in [4.78, 5) is 3.80. The summed E-state index contributed by atoms with van der Waals surface area (Å²) in [5.41, 5.74) is -2.75. The van der Waals surface area contributed by atoms with E-state index in [9.17, 15) is 27.1 Å². The van der Waals surface area contributed by atoms with Crippen LogP contribution in [0.4, 0.5) is 22.0 Å². The minimum absolute atomic E-state index is 0.0185. The van der Waals surface area contributed by atoms with Crippen molar-refractivity contribution in [2.24, 2.45) is 5.92 Å². The zero-order chi connectivity index (χ0) is 22.6. The van der Waals surface area contributed by atoms with E-state index in [0.29, 0.717) is 6.07 Å². The molecule has 2 atom stereocenters. The maximum Gasteiger partial charge on any atom is 0.416 e. The maximum atomic E-state index is 14.5. The van der Waals surface area contributed by atoms with E-state index in [-0.39, 0.29) is 24.1 Å². The molecule has 0 aliphatic rings. The summed E-state index contributed by atoms with van der Waals surface area (Å²) in [6.07, 6.45) is 1.01. The SMILES string of the molecule is C[C@@H](C/C=C/c1ccccc1C(F)(F)F)[C@](O)(Cn1cncn1)c1ccc(F)cc1F. The van der Waals surface area contributed by atoms with Crippen LogP contribution in [0.15, 0.2) is 61.2 Å². The molecular formula is C22H20F5N3O. The number of hydrogen-bond donors (Lipinski definition) is 1. The van der Waals surface area contributed by atoms with Gasteiger partial charge in [-0.05, 0) is 30.0 Å². The van der Waals surface area contributed by atoms with Gasteiger partial charge in [0.1, 0.15) is 29.9 Å². The Bertz CT molecular complexity index is 1050. The molecule has 3 rings (SSSR count). The van der Waals surface area contributed by atoms with E-state index >= 15 is 0 Å². The first kappa shape index (κ1) is 22.6. The average molecular weight is 437 g/mol. The molecule has 4 nitrogen and oxygen atoms in total. The molecule has 9 heteroatoms.